The molecule has 5 nitrogen and oxygen atoms in total. The molecule has 0 aliphatic heterocycles. The second-order valence-corrected chi connectivity index (χ2v) is 6.98. The van der Waals surface area contributed by atoms with Gasteiger partial charge in [-0.05, 0) is 47.0 Å². The highest BCUT2D eigenvalue weighted by atomic mass is 35.5. The smallest absolute Gasteiger partial charge is 0.292 e. The molecule has 0 aliphatic carbocycles. The number of nitro benzene ring substituents is 1. The van der Waals surface area contributed by atoms with Gasteiger partial charge in [-0.15, -0.1) is 0 Å². The van der Waals surface area contributed by atoms with Gasteiger partial charge in [0.25, 0.3) is 5.69 Å². The van der Waals surface area contributed by atoms with Crippen LogP contribution in [0, 0.1) is 10.1 Å². The molecule has 1 N–H and O–H groups in total. The molecular weight excluding hydrogens is 397 g/mol. The van der Waals surface area contributed by atoms with Crippen LogP contribution >= 0.6 is 23.2 Å². The van der Waals surface area contributed by atoms with E-state index in [-0.39, 0.29) is 5.69 Å². The second kappa shape index (κ2) is 9.35. The minimum absolute atomic E-state index is 0.00408. The van der Waals surface area contributed by atoms with Crippen molar-refractivity contribution in [1.82, 2.24) is 0 Å². The first-order valence-electron chi connectivity index (χ1n) is 8.52. The molecule has 0 aromatic heterocycles. The Kier molecular flexibility index (Phi) is 6.63. The van der Waals surface area contributed by atoms with Gasteiger partial charge in [-0.1, -0.05) is 53.5 Å². The molecule has 0 atom stereocenters. The van der Waals surface area contributed by atoms with Gasteiger partial charge >= 0.3 is 0 Å². The van der Waals surface area contributed by atoms with Crippen LogP contribution in [0.2, 0.25) is 10.0 Å². The molecule has 0 heterocycles. The maximum Gasteiger partial charge on any atom is 0.292 e. The van der Waals surface area contributed by atoms with E-state index in [1.165, 1.54) is 6.07 Å². The fourth-order valence-corrected chi connectivity index (χ4v) is 2.83. The molecule has 0 spiro atoms. The maximum absolute atomic E-state index is 11.4. The molecule has 28 heavy (non-hydrogen) atoms. The predicted octanol–water partition coefficient (Wildman–Crippen LogP) is 6.13. The molecule has 0 bridgehead atoms. The Bertz CT molecular complexity index is 988. The fourth-order valence-electron chi connectivity index (χ4n) is 2.58. The molecule has 142 valence electrons. The summed E-state index contributed by atoms with van der Waals surface area (Å²) in [6.45, 7) is 0.934. The molecule has 3 rings (SSSR count). The summed E-state index contributed by atoms with van der Waals surface area (Å²) in [5.74, 6) is 0. The first-order valence-corrected chi connectivity index (χ1v) is 9.28. The molecule has 0 saturated carbocycles. The Morgan fingerprint density at radius 1 is 0.929 bits per heavy atom. The van der Waals surface area contributed by atoms with Gasteiger partial charge < -0.3 is 5.32 Å². The third kappa shape index (κ3) is 5.55. The molecular formula is C21H17Cl2N3O2. The molecule has 0 saturated heterocycles. The number of hydrogen-bond acceptors (Lipinski definition) is 4. The first-order chi connectivity index (χ1) is 13.5. The van der Waals surface area contributed by atoms with E-state index in [2.05, 4.69) is 10.3 Å². The van der Waals surface area contributed by atoms with Gasteiger partial charge in [-0.3, -0.25) is 15.1 Å². The van der Waals surface area contributed by atoms with Crippen molar-refractivity contribution in [1.29, 1.82) is 0 Å². The fraction of sp³-hybridized carbons (Fsp3) is 0.0952. The molecule has 0 aliphatic rings. The summed E-state index contributed by atoms with van der Waals surface area (Å²) in [5, 5.41) is 15.9. The van der Waals surface area contributed by atoms with E-state index in [1.807, 2.05) is 24.3 Å². The number of benzene rings is 3. The topological polar surface area (TPSA) is 67.5 Å². The Morgan fingerprint density at radius 2 is 1.54 bits per heavy atom. The quantitative estimate of drug-likeness (QED) is 0.287. The van der Waals surface area contributed by atoms with Gasteiger partial charge in [-0.25, -0.2) is 0 Å². The average molecular weight is 414 g/mol. The summed E-state index contributed by atoms with van der Waals surface area (Å²) < 4.78 is 0. The zero-order valence-corrected chi connectivity index (χ0v) is 16.3. The summed E-state index contributed by atoms with van der Waals surface area (Å²) in [7, 11) is 0. The van der Waals surface area contributed by atoms with Crippen molar-refractivity contribution >= 4 is 40.8 Å². The summed E-state index contributed by atoms with van der Waals surface area (Å²) in [5.41, 5.74) is 3.11. The predicted molar refractivity (Wildman–Crippen MR) is 115 cm³/mol. The summed E-state index contributed by atoms with van der Waals surface area (Å²) in [6, 6.07) is 19.7. The van der Waals surface area contributed by atoms with Crippen molar-refractivity contribution in [2.24, 2.45) is 4.99 Å². The lowest BCUT2D eigenvalue weighted by Crippen LogP contribution is -2.03. The molecule has 7 heteroatoms. The Labute approximate surface area is 172 Å². The molecule has 0 fully saturated rings. The highest BCUT2D eigenvalue weighted by Gasteiger charge is 2.14. The minimum atomic E-state index is -0.402. The highest BCUT2D eigenvalue weighted by molar-refractivity contribution is 6.30. The van der Waals surface area contributed by atoms with Crippen molar-refractivity contribution in [2.45, 2.75) is 13.1 Å². The third-order valence-corrected chi connectivity index (χ3v) is 4.55. The molecule has 0 unspecified atom stereocenters. The number of rotatable bonds is 7. The lowest BCUT2D eigenvalue weighted by atomic mass is 10.1. The van der Waals surface area contributed by atoms with Crippen molar-refractivity contribution in [3.8, 4) is 0 Å². The molecule has 3 aromatic rings. The number of nitro groups is 1. The standard InChI is InChI=1S/C21H17Cl2N3O2/c22-18-6-1-15(2-7-18)12-24-13-17-5-10-20(21(11-17)26(27)28)25-14-16-3-8-19(23)9-4-16/h1-11,13,25H,12,14H2. The van der Waals surface area contributed by atoms with Crippen molar-refractivity contribution < 1.29 is 4.92 Å². The van der Waals surface area contributed by atoms with E-state index >= 15 is 0 Å². The van der Waals surface area contributed by atoms with Gasteiger partial charge in [0.2, 0.25) is 0 Å². The zero-order valence-electron chi connectivity index (χ0n) is 14.8. The van der Waals surface area contributed by atoms with Crippen LogP contribution in [0.4, 0.5) is 11.4 Å². The molecule has 0 radical (unpaired) electrons. The van der Waals surface area contributed by atoms with Crippen molar-refractivity contribution in [3.63, 3.8) is 0 Å². The zero-order chi connectivity index (χ0) is 19.9. The Hall–Kier alpha value is -2.89. The molecule has 3 aromatic carbocycles. The number of nitrogens with one attached hydrogen (secondary N) is 1. The van der Waals surface area contributed by atoms with Crippen LogP contribution in [0.1, 0.15) is 16.7 Å². The number of aliphatic imine (C=N–C) groups is 1. The van der Waals surface area contributed by atoms with Crippen LogP contribution in [0.3, 0.4) is 0 Å². The van der Waals surface area contributed by atoms with Crippen molar-refractivity contribution in [3.05, 3.63) is 104 Å². The van der Waals surface area contributed by atoms with E-state index in [4.69, 9.17) is 23.2 Å². The lowest BCUT2D eigenvalue weighted by Gasteiger charge is -2.08. The van der Waals surface area contributed by atoms with Crippen LogP contribution in [0.25, 0.3) is 0 Å². The number of nitrogens with zero attached hydrogens (tertiary/aromatic N) is 2. The van der Waals surface area contributed by atoms with Gasteiger partial charge in [0.1, 0.15) is 5.69 Å². The van der Waals surface area contributed by atoms with Crippen LogP contribution in [-0.4, -0.2) is 11.1 Å². The first kappa shape index (κ1) is 19.9. The van der Waals surface area contributed by atoms with E-state index < -0.39 is 4.92 Å². The Morgan fingerprint density at radius 3 is 2.14 bits per heavy atom. The van der Waals surface area contributed by atoms with E-state index in [9.17, 15) is 10.1 Å². The lowest BCUT2D eigenvalue weighted by molar-refractivity contribution is -0.384. The third-order valence-electron chi connectivity index (χ3n) is 4.04. The largest absolute Gasteiger partial charge is 0.375 e. The van der Waals surface area contributed by atoms with Crippen molar-refractivity contribution in [2.75, 3.05) is 5.32 Å². The monoisotopic (exact) mass is 413 g/mol. The summed E-state index contributed by atoms with van der Waals surface area (Å²) in [4.78, 5) is 15.4. The van der Waals surface area contributed by atoms with Crippen LogP contribution in [0.15, 0.2) is 71.7 Å². The van der Waals surface area contributed by atoms with E-state index in [0.717, 1.165) is 11.1 Å². The number of hydrogen-bond donors (Lipinski definition) is 1. The van der Waals surface area contributed by atoms with Gasteiger partial charge in [-0.2, -0.15) is 0 Å². The second-order valence-electron chi connectivity index (χ2n) is 6.11. The summed E-state index contributed by atoms with van der Waals surface area (Å²) in [6.07, 6.45) is 1.63. The van der Waals surface area contributed by atoms with E-state index in [1.54, 1.807) is 42.6 Å². The van der Waals surface area contributed by atoms with Gasteiger partial charge in [0, 0.05) is 28.9 Å². The van der Waals surface area contributed by atoms with E-state index in [0.29, 0.717) is 34.4 Å². The molecule has 0 amide bonds. The highest BCUT2D eigenvalue weighted by Crippen LogP contribution is 2.26. The number of halogens is 2. The minimum Gasteiger partial charge on any atom is -0.375 e. The Balaban J connectivity index is 1.69. The van der Waals surface area contributed by atoms with Gasteiger partial charge in [0.15, 0.2) is 0 Å². The maximum atomic E-state index is 11.4. The SMILES string of the molecule is O=[N+]([O-])c1cc(C=NCc2ccc(Cl)cc2)ccc1NCc1ccc(Cl)cc1. The van der Waals surface area contributed by atoms with Crippen LogP contribution in [-0.2, 0) is 13.1 Å². The summed E-state index contributed by atoms with van der Waals surface area (Å²) >= 11 is 11.7. The average Bonchev–Trinajstić information content (AvgIpc) is 2.69. The van der Waals surface area contributed by atoms with Gasteiger partial charge in [0.05, 0.1) is 11.5 Å². The normalized spacial score (nSPS) is 10.9. The number of anilines is 1. The van der Waals surface area contributed by atoms with Crippen LogP contribution < -0.4 is 5.32 Å². The van der Waals surface area contributed by atoms with Crippen LogP contribution in [0.5, 0.6) is 0 Å².